The van der Waals surface area contributed by atoms with Crippen molar-refractivity contribution in [1.82, 2.24) is 10.4 Å². The van der Waals surface area contributed by atoms with Crippen LogP contribution in [0.15, 0.2) is 48.5 Å². The number of fused-ring (bicyclic) bond motifs is 1. The van der Waals surface area contributed by atoms with Crippen LogP contribution >= 0.6 is 0 Å². The van der Waals surface area contributed by atoms with Gasteiger partial charge in [-0.25, -0.2) is 9.59 Å². The van der Waals surface area contributed by atoms with Crippen molar-refractivity contribution in [2.75, 3.05) is 0 Å². The van der Waals surface area contributed by atoms with Gasteiger partial charge in [-0.15, -0.1) is 0 Å². The van der Waals surface area contributed by atoms with Gasteiger partial charge in [0.15, 0.2) is 0 Å². The Morgan fingerprint density at radius 3 is 2.26 bits per heavy atom. The second-order valence-corrected chi connectivity index (χ2v) is 6.09. The van der Waals surface area contributed by atoms with Gasteiger partial charge in [0.2, 0.25) is 0 Å². The summed E-state index contributed by atoms with van der Waals surface area (Å²) in [5.74, 6) is -2.28. The van der Waals surface area contributed by atoms with Gasteiger partial charge in [0.25, 0.3) is 11.8 Å². The molecule has 0 saturated heterocycles. The average molecular weight is 367 g/mol. The second kappa shape index (κ2) is 7.28. The zero-order valence-electron chi connectivity index (χ0n) is 14.5. The molecule has 2 aromatic carbocycles. The maximum Gasteiger partial charge on any atom is 0.335 e. The predicted octanol–water partition coefficient (Wildman–Crippen LogP) is 1.85. The number of carbonyl (C=O) groups excluding carboxylic acids is 4. The average Bonchev–Trinajstić information content (AvgIpc) is 2.86. The van der Waals surface area contributed by atoms with E-state index in [9.17, 15) is 19.2 Å². The van der Waals surface area contributed by atoms with Crippen LogP contribution in [0.5, 0.6) is 0 Å². The van der Waals surface area contributed by atoms with E-state index in [4.69, 9.17) is 10.6 Å². The van der Waals surface area contributed by atoms with E-state index in [1.165, 1.54) is 12.1 Å². The van der Waals surface area contributed by atoms with E-state index in [0.29, 0.717) is 10.6 Å². The molecule has 2 aromatic rings. The van der Waals surface area contributed by atoms with E-state index in [0.717, 1.165) is 5.56 Å². The van der Waals surface area contributed by atoms with Crippen LogP contribution < -0.4 is 11.1 Å². The molecule has 1 unspecified atom stereocenters. The monoisotopic (exact) mass is 367 g/mol. The van der Waals surface area contributed by atoms with Crippen molar-refractivity contribution in [3.63, 3.8) is 0 Å². The summed E-state index contributed by atoms with van der Waals surface area (Å²) in [6, 6.07) is 11.8. The fraction of sp³-hybridized carbons (Fsp3) is 0.158. The zero-order valence-corrected chi connectivity index (χ0v) is 14.5. The maximum absolute atomic E-state index is 12.3. The highest BCUT2D eigenvalue weighted by molar-refractivity contribution is 6.20. The van der Waals surface area contributed by atoms with E-state index in [-0.39, 0.29) is 17.5 Å². The molecule has 1 atom stereocenters. The third-order valence-corrected chi connectivity index (χ3v) is 4.08. The quantitative estimate of drug-likeness (QED) is 0.782. The van der Waals surface area contributed by atoms with Crippen molar-refractivity contribution in [2.45, 2.75) is 19.4 Å². The van der Waals surface area contributed by atoms with Crippen molar-refractivity contribution < 1.29 is 24.0 Å². The zero-order chi connectivity index (χ0) is 19.6. The van der Waals surface area contributed by atoms with E-state index in [1.807, 2.05) is 13.0 Å². The van der Waals surface area contributed by atoms with Gasteiger partial charge in [0.1, 0.15) is 0 Å². The lowest BCUT2D eigenvalue weighted by atomic mass is 10.0. The smallest absolute Gasteiger partial charge is 0.335 e. The molecule has 0 bridgehead atoms. The lowest BCUT2D eigenvalue weighted by Crippen LogP contribution is -2.37. The minimum absolute atomic E-state index is 0.167. The SMILES string of the molecule is Cc1cccc(C(CC(=O)ON2C(=O)c3ccccc3C2=O)NC(N)=O)c1. The molecule has 0 aliphatic carbocycles. The summed E-state index contributed by atoms with van der Waals surface area (Å²) in [5, 5.41) is 2.90. The number of primary amides is 1. The molecule has 1 aliphatic heterocycles. The Morgan fingerprint density at radius 2 is 1.70 bits per heavy atom. The Labute approximate surface area is 154 Å². The standard InChI is InChI=1S/C19H17N3O5/c1-11-5-4-6-12(9-11)15(21-19(20)26)10-16(23)27-22-17(24)13-7-2-3-8-14(13)18(22)25/h2-9,15H,10H2,1H3,(H3,20,21,26). The Morgan fingerprint density at radius 1 is 1.07 bits per heavy atom. The molecule has 0 radical (unpaired) electrons. The summed E-state index contributed by atoms with van der Waals surface area (Å²) in [6.45, 7) is 1.86. The number of aryl methyl sites for hydroxylation is 1. The number of rotatable bonds is 5. The molecule has 27 heavy (non-hydrogen) atoms. The van der Waals surface area contributed by atoms with Gasteiger partial charge in [0, 0.05) is 0 Å². The largest absolute Gasteiger partial charge is 0.352 e. The number of nitrogens with two attached hydrogens (primary N) is 1. The molecule has 0 spiro atoms. The van der Waals surface area contributed by atoms with Crippen molar-refractivity contribution in [2.24, 2.45) is 5.73 Å². The van der Waals surface area contributed by atoms with Crippen LogP contribution in [0.4, 0.5) is 4.79 Å². The highest BCUT2D eigenvalue weighted by atomic mass is 16.7. The first-order valence-corrected chi connectivity index (χ1v) is 8.18. The topological polar surface area (TPSA) is 119 Å². The number of nitrogens with zero attached hydrogens (tertiary/aromatic N) is 1. The summed E-state index contributed by atoms with van der Waals surface area (Å²) < 4.78 is 0. The molecule has 3 N–H and O–H groups in total. The van der Waals surface area contributed by atoms with Crippen molar-refractivity contribution in [1.29, 1.82) is 0 Å². The van der Waals surface area contributed by atoms with E-state index >= 15 is 0 Å². The molecular formula is C19H17N3O5. The summed E-state index contributed by atoms with van der Waals surface area (Å²) in [6.07, 6.45) is -0.306. The van der Waals surface area contributed by atoms with Crippen molar-refractivity contribution in [3.8, 4) is 0 Å². The summed E-state index contributed by atoms with van der Waals surface area (Å²) in [5.41, 5.74) is 7.10. The number of imide groups is 1. The number of amides is 4. The Kier molecular flexibility index (Phi) is 4.89. The highest BCUT2D eigenvalue weighted by Gasteiger charge is 2.38. The molecule has 4 amide bonds. The molecule has 0 saturated carbocycles. The second-order valence-electron chi connectivity index (χ2n) is 6.09. The van der Waals surface area contributed by atoms with Gasteiger partial charge in [-0.1, -0.05) is 47.0 Å². The first-order chi connectivity index (χ1) is 12.9. The van der Waals surface area contributed by atoms with Crippen LogP contribution in [0.3, 0.4) is 0 Å². The minimum Gasteiger partial charge on any atom is -0.352 e. The molecule has 3 rings (SSSR count). The molecule has 8 heteroatoms. The number of hydrogen-bond donors (Lipinski definition) is 2. The maximum atomic E-state index is 12.3. The van der Waals surface area contributed by atoms with Crippen LogP contribution in [0.25, 0.3) is 0 Å². The first kappa shape index (κ1) is 18.1. The van der Waals surface area contributed by atoms with Gasteiger partial charge >= 0.3 is 12.0 Å². The molecule has 1 aliphatic rings. The molecule has 0 fully saturated rings. The molecular weight excluding hydrogens is 350 g/mol. The van der Waals surface area contributed by atoms with E-state index in [2.05, 4.69) is 5.32 Å². The molecule has 138 valence electrons. The van der Waals surface area contributed by atoms with Crippen LogP contribution in [0.2, 0.25) is 0 Å². The minimum atomic E-state index is -0.857. The molecule has 0 aromatic heterocycles. The summed E-state index contributed by atoms with van der Waals surface area (Å²) in [7, 11) is 0. The van der Waals surface area contributed by atoms with Crippen LogP contribution in [0, 0.1) is 6.92 Å². The number of hydrogen-bond acceptors (Lipinski definition) is 5. The fourth-order valence-corrected chi connectivity index (χ4v) is 2.87. The third kappa shape index (κ3) is 3.79. The van der Waals surface area contributed by atoms with Crippen LogP contribution in [-0.2, 0) is 9.63 Å². The van der Waals surface area contributed by atoms with Gasteiger partial charge < -0.3 is 15.9 Å². The Balaban J connectivity index is 1.74. The van der Waals surface area contributed by atoms with Gasteiger partial charge in [-0.05, 0) is 24.6 Å². The normalized spacial score (nSPS) is 13.9. The van der Waals surface area contributed by atoms with Gasteiger partial charge in [-0.2, -0.15) is 0 Å². The van der Waals surface area contributed by atoms with E-state index < -0.39 is 29.9 Å². The number of urea groups is 1. The third-order valence-electron chi connectivity index (χ3n) is 4.08. The Hall–Kier alpha value is -3.68. The van der Waals surface area contributed by atoms with Gasteiger partial charge in [-0.3, -0.25) is 9.59 Å². The lowest BCUT2D eigenvalue weighted by molar-refractivity contribution is -0.169. The summed E-state index contributed by atoms with van der Waals surface area (Å²) in [4.78, 5) is 53.1. The van der Waals surface area contributed by atoms with Crippen molar-refractivity contribution >= 4 is 23.8 Å². The number of nitrogens with one attached hydrogen (secondary N) is 1. The van der Waals surface area contributed by atoms with Crippen molar-refractivity contribution in [3.05, 3.63) is 70.8 Å². The van der Waals surface area contributed by atoms with Crippen LogP contribution in [-0.4, -0.2) is 28.9 Å². The fourth-order valence-electron chi connectivity index (χ4n) is 2.87. The number of carbonyl (C=O) groups is 4. The van der Waals surface area contributed by atoms with Gasteiger partial charge in [0.05, 0.1) is 23.6 Å². The van der Waals surface area contributed by atoms with E-state index in [1.54, 1.807) is 30.3 Å². The Bertz CT molecular complexity index is 905. The van der Waals surface area contributed by atoms with Crippen LogP contribution in [0.1, 0.15) is 44.3 Å². The lowest BCUT2D eigenvalue weighted by Gasteiger charge is -2.19. The first-order valence-electron chi connectivity index (χ1n) is 8.18. The molecule has 8 nitrogen and oxygen atoms in total. The summed E-state index contributed by atoms with van der Waals surface area (Å²) >= 11 is 0. The molecule has 1 heterocycles. The number of hydroxylamine groups is 2. The predicted molar refractivity (Wildman–Crippen MR) is 94.3 cm³/mol. The highest BCUT2D eigenvalue weighted by Crippen LogP contribution is 2.24. The number of benzene rings is 2.